The summed E-state index contributed by atoms with van der Waals surface area (Å²) in [4.78, 5) is 0. The van der Waals surface area contributed by atoms with Gasteiger partial charge in [-0.3, -0.25) is 0 Å². The first-order chi connectivity index (χ1) is 1.41. The molecule has 0 amide bonds. The third-order valence-electron chi connectivity index (χ3n) is 0. The van der Waals surface area contributed by atoms with Gasteiger partial charge in [0.15, 0.2) is 0 Å². The number of hydrogen-bond acceptors (Lipinski definition) is 0. The van der Waals surface area contributed by atoms with Crippen molar-refractivity contribution >= 4 is 18.8 Å². The van der Waals surface area contributed by atoms with Crippen LogP contribution in [0.1, 0.15) is 0 Å². The molecule has 0 spiro atoms. The molecule has 0 rings (SSSR count). The van der Waals surface area contributed by atoms with Gasteiger partial charge in [-0.15, -0.1) is 0 Å². The average Bonchev–Trinajstić information content (AvgIpc) is 0.918. The zero-order chi connectivity index (χ0) is 2.71. The average molecular weight is 282 g/mol. The minimum absolute atomic E-state index is 0. The molecule has 4 heteroatoms. The van der Waals surface area contributed by atoms with E-state index in [2.05, 4.69) is 0 Å². The van der Waals surface area contributed by atoms with Gasteiger partial charge in [0.05, 0.1) is 0 Å². The fourth-order valence-corrected chi connectivity index (χ4v) is 0. The Morgan fingerprint density at radius 2 is 1.25 bits per heavy atom. The largest absolute Gasteiger partial charge is 0.693 e. The van der Waals surface area contributed by atoms with Gasteiger partial charge < -0.3 is 6.15 Å². The van der Waals surface area contributed by atoms with Gasteiger partial charge in [-0.2, -0.15) is 0 Å². The predicted octanol–water partition coefficient (Wildman–Crippen LogP) is 2.09. The van der Waals surface area contributed by atoms with Gasteiger partial charge in [-0.05, 0) is 0 Å². The van der Waals surface area contributed by atoms with Gasteiger partial charge in [0.1, 0.15) is 0 Å². The quantitative estimate of drug-likeness (QED) is 0.652. The predicted molar refractivity (Wildman–Crippen MR) is 17.0 cm³/mol. The zero-order valence-corrected chi connectivity index (χ0v) is 5.43. The Kier molecular flexibility index (Phi) is 19.9. The summed E-state index contributed by atoms with van der Waals surface area (Å²) in [7, 11) is 9.75. The number of halogens is 2. The summed E-state index contributed by atoms with van der Waals surface area (Å²) < 4.78 is 0. The van der Waals surface area contributed by atoms with E-state index < -0.39 is 16.5 Å². The summed E-state index contributed by atoms with van der Waals surface area (Å²) in [5.41, 5.74) is 0. The Labute approximate surface area is 41.6 Å². The van der Waals surface area contributed by atoms with Gasteiger partial charge in [0, 0.05) is 0 Å². The first kappa shape index (κ1) is 8.97. The SMILES string of the molecule is [Cl][Pt][Cl].[NH2-]. The number of rotatable bonds is 0. The first-order valence-corrected chi connectivity index (χ1v) is 5.87. The van der Waals surface area contributed by atoms with Crippen LogP contribution in [0.4, 0.5) is 0 Å². The fraction of sp³-hybridized carbons (Fsp3) is 0. The molecule has 32 valence electrons. The van der Waals surface area contributed by atoms with Crippen LogP contribution in [-0.2, 0) is 16.5 Å². The number of hydrogen-bond donors (Lipinski definition) is 0. The van der Waals surface area contributed by atoms with Crippen molar-refractivity contribution < 1.29 is 16.5 Å². The van der Waals surface area contributed by atoms with Crippen LogP contribution < -0.4 is 0 Å². The fourth-order valence-electron chi connectivity index (χ4n) is 0. The molecule has 0 aliphatic carbocycles. The third kappa shape index (κ3) is 10.6. The molecule has 0 saturated carbocycles. The summed E-state index contributed by atoms with van der Waals surface area (Å²) in [6.45, 7) is 0. The molecule has 4 heavy (non-hydrogen) atoms. The molecule has 0 aromatic carbocycles. The van der Waals surface area contributed by atoms with Crippen molar-refractivity contribution in [3.63, 3.8) is 0 Å². The molecule has 1 nitrogen and oxygen atoms in total. The van der Waals surface area contributed by atoms with Crippen LogP contribution in [-0.4, -0.2) is 0 Å². The van der Waals surface area contributed by atoms with Crippen LogP contribution in [0.2, 0.25) is 0 Å². The molecule has 0 aliphatic heterocycles. The molecule has 0 bridgehead atoms. The standard InChI is InChI=1S/2ClH.H2N.Pt/h2*1H;1H2;/q;;-1;+2/p-2. The van der Waals surface area contributed by atoms with E-state index in [0.717, 1.165) is 0 Å². The topological polar surface area (TPSA) is 33.5 Å². The summed E-state index contributed by atoms with van der Waals surface area (Å²) >= 11 is -0.472. The molecule has 0 radical (unpaired) electrons. The van der Waals surface area contributed by atoms with Crippen LogP contribution in [0.25, 0.3) is 6.15 Å². The molecule has 0 atom stereocenters. The second-order valence-corrected chi connectivity index (χ2v) is 3.33. The molecular weight excluding hydrogens is 280 g/mol. The Balaban J connectivity index is 0. The summed E-state index contributed by atoms with van der Waals surface area (Å²) in [6.07, 6.45) is 0. The maximum Gasteiger partial charge on any atom is -0.693 e. The van der Waals surface area contributed by atoms with E-state index in [4.69, 9.17) is 18.8 Å². The van der Waals surface area contributed by atoms with Crippen LogP contribution in [0.3, 0.4) is 0 Å². The molecule has 0 unspecified atom stereocenters. The Bertz CT molecular complexity index is 6.00. The molecule has 0 saturated heterocycles. The van der Waals surface area contributed by atoms with Crippen LogP contribution in [0, 0.1) is 0 Å². The van der Waals surface area contributed by atoms with E-state index in [9.17, 15) is 0 Å². The first-order valence-electron chi connectivity index (χ1n) is 0.239. The van der Waals surface area contributed by atoms with Crippen molar-refractivity contribution in [2.24, 2.45) is 0 Å². The van der Waals surface area contributed by atoms with Crippen molar-refractivity contribution in [2.45, 2.75) is 0 Å². The smallest absolute Gasteiger partial charge is 0.693 e. The summed E-state index contributed by atoms with van der Waals surface area (Å²) in [5, 5.41) is 0. The normalized spacial score (nSPS) is 5.50. The van der Waals surface area contributed by atoms with Gasteiger partial charge in [-0.1, -0.05) is 0 Å². The third-order valence-corrected chi connectivity index (χ3v) is 0. The van der Waals surface area contributed by atoms with Gasteiger partial charge in [-0.25, -0.2) is 0 Å². The molecule has 0 fully saturated rings. The van der Waals surface area contributed by atoms with Crippen molar-refractivity contribution in [1.82, 2.24) is 0 Å². The molecule has 0 aliphatic rings. The summed E-state index contributed by atoms with van der Waals surface area (Å²) in [5.74, 6) is 0. The minimum atomic E-state index is -0.472. The molecule has 0 heterocycles. The second kappa shape index (κ2) is 8.87. The van der Waals surface area contributed by atoms with Crippen molar-refractivity contribution in [1.29, 1.82) is 0 Å². The monoisotopic (exact) mass is 281 g/mol. The minimum Gasteiger partial charge on any atom is -0.693 e. The number of nitrogens with two attached hydrogens (primary N) is 1. The van der Waals surface area contributed by atoms with Gasteiger partial charge >= 0.3 is 35.3 Å². The van der Waals surface area contributed by atoms with Crippen molar-refractivity contribution in [3.05, 3.63) is 6.15 Å². The Morgan fingerprint density at radius 1 is 1.25 bits per heavy atom. The molecule has 0 aromatic heterocycles. The van der Waals surface area contributed by atoms with E-state index in [1.54, 1.807) is 0 Å². The van der Waals surface area contributed by atoms with Crippen LogP contribution >= 0.6 is 18.8 Å². The van der Waals surface area contributed by atoms with Gasteiger partial charge in [0.2, 0.25) is 0 Å². The molecule has 2 N–H and O–H groups in total. The van der Waals surface area contributed by atoms with Crippen LogP contribution in [0.15, 0.2) is 0 Å². The Morgan fingerprint density at radius 3 is 1.25 bits per heavy atom. The van der Waals surface area contributed by atoms with E-state index in [-0.39, 0.29) is 6.15 Å². The molecular formula is H2Cl2NPt-. The Hall–Kier alpha value is 1.23. The van der Waals surface area contributed by atoms with Crippen molar-refractivity contribution in [3.8, 4) is 0 Å². The van der Waals surface area contributed by atoms with Crippen LogP contribution in [0.5, 0.6) is 0 Å². The van der Waals surface area contributed by atoms with Gasteiger partial charge in [0.25, 0.3) is 0 Å². The second-order valence-electron chi connectivity index (χ2n) is 0.0452. The maximum atomic E-state index is 4.88. The molecule has 0 aromatic rings. The maximum absolute atomic E-state index is 4.88. The van der Waals surface area contributed by atoms with E-state index in [1.165, 1.54) is 0 Å². The van der Waals surface area contributed by atoms with Crippen molar-refractivity contribution in [2.75, 3.05) is 0 Å². The van der Waals surface area contributed by atoms with E-state index in [0.29, 0.717) is 0 Å². The van der Waals surface area contributed by atoms with E-state index in [1.807, 2.05) is 0 Å². The van der Waals surface area contributed by atoms with E-state index >= 15 is 0 Å². The summed E-state index contributed by atoms with van der Waals surface area (Å²) in [6, 6.07) is 0. The zero-order valence-electron chi connectivity index (χ0n) is 1.65.